The van der Waals surface area contributed by atoms with E-state index in [-0.39, 0.29) is 10.8 Å². The van der Waals surface area contributed by atoms with E-state index in [4.69, 9.17) is 0 Å². The summed E-state index contributed by atoms with van der Waals surface area (Å²) in [6.07, 6.45) is 0. The Bertz CT molecular complexity index is 675. The maximum atomic E-state index is 12.6. The van der Waals surface area contributed by atoms with E-state index < -0.39 is 10.0 Å². The molecule has 0 atom stereocenters. The molecule has 6 nitrogen and oxygen atoms in total. The standard InChI is InChI=1S/C19H33N3O3S/c1-7-21(8-2)26(24,25)18-11-9-10-17(14-18)19(23)20-12-13-22(15(3)4)16(5)6/h9-11,14-16H,7-8,12-13H2,1-6H3,(H,20,23). The Morgan fingerprint density at radius 3 is 2.15 bits per heavy atom. The lowest BCUT2D eigenvalue weighted by Gasteiger charge is -2.30. The first-order valence-electron chi connectivity index (χ1n) is 9.29. The van der Waals surface area contributed by atoms with Crippen LogP contribution in [0.3, 0.4) is 0 Å². The quantitative estimate of drug-likeness (QED) is 0.674. The van der Waals surface area contributed by atoms with Crippen LogP contribution in [0.5, 0.6) is 0 Å². The van der Waals surface area contributed by atoms with E-state index in [9.17, 15) is 13.2 Å². The summed E-state index contributed by atoms with van der Waals surface area (Å²) < 4.78 is 26.6. The minimum absolute atomic E-state index is 0.153. The van der Waals surface area contributed by atoms with Crippen LogP contribution in [0, 0.1) is 0 Å². The number of amides is 1. The Morgan fingerprint density at radius 1 is 1.08 bits per heavy atom. The number of benzene rings is 1. The highest BCUT2D eigenvalue weighted by molar-refractivity contribution is 7.89. The van der Waals surface area contributed by atoms with E-state index in [2.05, 4.69) is 37.9 Å². The first-order valence-corrected chi connectivity index (χ1v) is 10.7. The van der Waals surface area contributed by atoms with Crippen LogP contribution in [-0.4, -0.2) is 61.8 Å². The minimum Gasteiger partial charge on any atom is -0.351 e. The van der Waals surface area contributed by atoms with Gasteiger partial charge < -0.3 is 5.32 Å². The van der Waals surface area contributed by atoms with Gasteiger partial charge in [0, 0.05) is 43.8 Å². The van der Waals surface area contributed by atoms with Crippen molar-refractivity contribution in [3.05, 3.63) is 29.8 Å². The summed E-state index contributed by atoms with van der Waals surface area (Å²) >= 11 is 0. The molecular weight excluding hydrogens is 350 g/mol. The predicted molar refractivity (Wildman–Crippen MR) is 106 cm³/mol. The van der Waals surface area contributed by atoms with Crippen molar-refractivity contribution >= 4 is 15.9 Å². The number of nitrogens with one attached hydrogen (secondary N) is 1. The maximum absolute atomic E-state index is 12.6. The zero-order valence-electron chi connectivity index (χ0n) is 16.8. The molecule has 1 amide bonds. The van der Waals surface area contributed by atoms with Crippen molar-refractivity contribution in [2.75, 3.05) is 26.2 Å². The van der Waals surface area contributed by atoms with Gasteiger partial charge in [-0.1, -0.05) is 19.9 Å². The second-order valence-corrected chi connectivity index (χ2v) is 8.74. The fourth-order valence-corrected chi connectivity index (χ4v) is 4.53. The number of nitrogens with zero attached hydrogens (tertiary/aromatic N) is 2. The molecule has 148 valence electrons. The number of carbonyl (C=O) groups excluding carboxylic acids is 1. The van der Waals surface area contributed by atoms with Gasteiger partial charge >= 0.3 is 0 Å². The maximum Gasteiger partial charge on any atom is 0.251 e. The smallest absolute Gasteiger partial charge is 0.251 e. The molecule has 0 radical (unpaired) electrons. The van der Waals surface area contributed by atoms with Gasteiger partial charge in [0.05, 0.1) is 4.90 Å². The molecule has 0 aliphatic heterocycles. The van der Waals surface area contributed by atoms with Crippen molar-refractivity contribution in [3.8, 4) is 0 Å². The van der Waals surface area contributed by atoms with E-state index in [0.717, 1.165) is 6.54 Å². The Hall–Kier alpha value is -1.44. The lowest BCUT2D eigenvalue weighted by Crippen LogP contribution is -2.42. The van der Waals surface area contributed by atoms with Gasteiger partial charge in [-0.3, -0.25) is 9.69 Å². The molecule has 0 aromatic heterocycles. The molecule has 0 fully saturated rings. The Kier molecular flexibility index (Phi) is 8.73. The van der Waals surface area contributed by atoms with E-state index in [1.807, 2.05) is 0 Å². The fraction of sp³-hybridized carbons (Fsp3) is 0.632. The molecule has 0 aliphatic carbocycles. The average Bonchev–Trinajstić information content (AvgIpc) is 2.58. The highest BCUT2D eigenvalue weighted by Crippen LogP contribution is 2.17. The summed E-state index contributed by atoms with van der Waals surface area (Å²) in [5, 5.41) is 2.89. The average molecular weight is 384 g/mol. The van der Waals surface area contributed by atoms with E-state index in [0.29, 0.717) is 37.3 Å². The van der Waals surface area contributed by atoms with Gasteiger partial charge in [-0.15, -0.1) is 0 Å². The largest absolute Gasteiger partial charge is 0.351 e. The molecule has 0 saturated heterocycles. The molecular formula is C19H33N3O3S. The fourth-order valence-electron chi connectivity index (χ4n) is 3.02. The molecule has 1 N–H and O–H groups in total. The van der Waals surface area contributed by atoms with Gasteiger partial charge in [0.2, 0.25) is 10.0 Å². The van der Waals surface area contributed by atoms with Crippen molar-refractivity contribution in [1.82, 2.24) is 14.5 Å². The van der Waals surface area contributed by atoms with Gasteiger partial charge in [-0.05, 0) is 45.9 Å². The summed E-state index contributed by atoms with van der Waals surface area (Å²) in [5.41, 5.74) is 0.360. The minimum atomic E-state index is -3.57. The predicted octanol–water partition coefficient (Wildman–Crippen LogP) is 2.57. The number of hydrogen-bond donors (Lipinski definition) is 1. The molecule has 7 heteroatoms. The number of rotatable bonds is 10. The summed E-state index contributed by atoms with van der Waals surface area (Å²) in [6.45, 7) is 14.2. The third kappa shape index (κ3) is 5.79. The second-order valence-electron chi connectivity index (χ2n) is 6.80. The zero-order valence-corrected chi connectivity index (χ0v) is 17.6. The molecule has 0 bridgehead atoms. The van der Waals surface area contributed by atoms with Gasteiger partial charge in [-0.25, -0.2) is 8.42 Å². The molecule has 1 rings (SSSR count). The van der Waals surface area contributed by atoms with Crippen LogP contribution in [0.1, 0.15) is 51.9 Å². The van der Waals surface area contributed by atoms with E-state index in [1.165, 1.54) is 16.4 Å². The van der Waals surface area contributed by atoms with Crippen LogP contribution in [-0.2, 0) is 10.0 Å². The first kappa shape index (κ1) is 22.6. The molecule has 26 heavy (non-hydrogen) atoms. The molecule has 0 unspecified atom stereocenters. The monoisotopic (exact) mass is 383 g/mol. The SMILES string of the molecule is CCN(CC)S(=O)(=O)c1cccc(C(=O)NCCN(C(C)C)C(C)C)c1. The summed E-state index contributed by atoms with van der Waals surface area (Å²) in [5.74, 6) is -0.256. The van der Waals surface area contributed by atoms with Crippen LogP contribution >= 0.6 is 0 Å². The van der Waals surface area contributed by atoms with Gasteiger partial charge in [0.1, 0.15) is 0 Å². The van der Waals surface area contributed by atoms with Crippen LogP contribution in [0.2, 0.25) is 0 Å². The Morgan fingerprint density at radius 2 is 1.65 bits per heavy atom. The van der Waals surface area contributed by atoms with Crippen LogP contribution in [0.25, 0.3) is 0 Å². The Labute approximate surface area is 158 Å². The van der Waals surface area contributed by atoms with Crippen molar-refractivity contribution in [2.24, 2.45) is 0 Å². The molecule has 1 aromatic rings. The molecule has 0 heterocycles. The third-order valence-corrected chi connectivity index (χ3v) is 6.47. The molecule has 0 spiro atoms. The van der Waals surface area contributed by atoms with Gasteiger partial charge in [0.25, 0.3) is 5.91 Å². The lowest BCUT2D eigenvalue weighted by molar-refractivity contribution is 0.0939. The van der Waals surface area contributed by atoms with Crippen molar-refractivity contribution in [2.45, 2.75) is 58.5 Å². The summed E-state index contributed by atoms with van der Waals surface area (Å²) in [6, 6.07) is 7.03. The highest BCUT2D eigenvalue weighted by atomic mass is 32.2. The highest BCUT2D eigenvalue weighted by Gasteiger charge is 2.22. The first-order chi connectivity index (χ1) is 12.1. The normalized spacial score (nSPS) is 12.4. The molecule has 0 aliphatic rings. The number of hydrogen-bond acceptors (Lipinski definition) is 4. The van der Waals surface area contributed by atoms with E-state index >= 15 is 0 Å². The Balaban J connectivity index is 2.83. The molecule has 1 aromatic carbocycles. The number of sulfonamides is 1. The van der Waals surface area contributed by atoms with Crippen LogP contribution < -0.4 is 5.32 Å². The van der Waals surface area contributed by atoms with Crippen LogP contribution in [0.4, 0.5) is 0 Å². The van der Waals surface area contributed by atoms with Gasteiger partial charge in [0.15, 0.2) is 0 Å². The van der Waals surface area contributed by atoms with Crippen molar-refractivity contribution in [1.29, 1.82) is 0 Å². The third-order valence-electron chi connectivity index (χ3n) is 4.42. The summed E-state index contributed by atoms with van der Waals surface area (Å²) in [4.78, 5) is 14.9. The van der Waals surface area contributed by atoms with E-state index in [1.54, 1.807) is 26.0 Å². The van der Waals surface area contributed by atoms with Crippen LogP contribution in [0.15, 0.2) is 29.2 Å². The van der Waals surface area contributed by atoms with Crippen molar-refractivity contribution in [3.63, 3.8) is 0 Å². The molecule has 0 saturated carbocycles. The lowest BCUT2D eigenvalue weighted by atomic mass is 10.2. The zero-order chi connectivity index (χ0) is 19.9. The van der Waals surface area contributed by atoms with Crippen molar-refractivity contribution < 1.29 is 13.2 Å². The topological polar surface area (TPSA) is 69.7 Å². The van der Waals surface area contributed by atoms with Gasteiger partial charge in [-0.2, -0.15) is 4.31 Å². The second kappa shape index (κ2) is 10.0. The number of carbonyl (C=O) groups is 1. The summed E-state index contributed by atoms with van der Waals surface area (Å²) in [7, 11) is -3.57.